The quantitative estimate of drug-likeness (QED) is 0.599. The molecule has 0 heterocycles. The van der Waals surface area contributed by atoms with E-state index in [0.717, 1.165) is 12.0 Å². The number of benzene rings is 2. The SMILES string of the molecule is CCCCc1ccc(OCC(=O)N/N=C/c2ccccc2)cc1. The molecule has 0 aliphatic rings. The van der Waals surface area contributed by atoms with Crippen LogP contribution in [0, 0.1) is 0 Å². The molecule has 0 aliphatic carbocycles. The van der Waals surface area contributed by atoms with E-state index in [9.17, 15) is 4.79 Å². The van der Waals surface area contributed by atoms with Crippen molar-refractivity contribution in [1.82, 2.24) is 5.43 Å². The molecular weight excluding hydrogens is 288 g/mol. The van der Waals surface area contributed by atoms with E-state index in [-0.39, 0.29) is 12.5 Å². The van der Waals surface area contributed by atoms with E-state index in [1.54, 1.807) is 6.21 Å². The van der Waals surface area contributed by atoms with Crippen molar-refractivity contribution in [2.24, 2.45) is 5.10 Å². The Labute approximate surface area is 137 Å². The summed E-state index contributed by atoms with van der Waals surface area (Å²) in [5.41, 5.74) is 4.66. The van der Waals surface area contributed by atoms with Crippen LogP contribution in [-0.2, 0) is 11.2 Å². The molecule has 0 aromatic heterocycles. The summed E-state index contributed by atoms with van der Waals surface area (Å²) >= 11 is 0. The molecule has 2 rings (SSSR count). The van der Waals surface area contributed by atoms with E-state index >= 15 is 0 Å². The highest BCUT2D eigenvalue weighted by Gasteiger charge is 2.01. The maximum atomic E-state index is 11.7. The molecule has 0 saturated carbocycles. The molecule has 0 aliphatic heterocycles. The van der Waals surface area contributed by atoms with Crippen LogP contribution < -0.4 is 10.2 Å². The lowest BCUT2D eigenvalue weighted by molar-refractivity contribution is -0.123. The van der Waals surface area contributed by atoms with Gasteiger partial charge in [0.2, 0.25) is 0 Å². The molecule has 120 valence electrons. The highest BCUT2D eigenvalue weighted by atomic mass is 16.5. The Hall–Kier alpha value is -2.62. The maximum Gasteiger partial charge on any atom is 0.277 e. The van der Waals surface area contributed by atoms with Gasteiger partial charge in [-0.05, 0) is 36.1 Å². The van der Waals surface area contributed by atoms with Crippen LogP contribution in [0.2, 0.25) is 0 Å². The highest BCUT2D eigenvalue weighted by molar-refractivity contribution is 5.82. The van der Waals surface area contributed by atoms with Crippen molar-refractivity contribution in [3.63, 3.8) is 0 Å². The lowest BCUT2D eigenvalue weighted by Gasteiger charge is -2.06. The largest absolute Gasteiger partial charge is 0.484 e. The zero-order valence-corrected chi connectivity index (χ0v) is 13.4. The van der Waals surface area contributed by atoms with Gasteiger partial charge in [0.25, 0.3) is 5.91 Å². The van der Waals surface area contributed by atoms with Crippen LogP contribution in [0.3, 0.4) is 0 Å². The number of nitrogens with one attached hydrogen (secondary N) is 1. The lowest BCUT2D eigenvalue weighted by atomic mass is 10.1. The summed E-state index contributed by atoms with van der Waals surface area (Å²) in [4.78, 5) is 11.7. The predicted octanol–water partition coefficient (Wildman–Crippen LogP) is 3.56. The number of carbonyl (C=O) groups is 1. The maximum absolute atomic E-state index is 11.7. The Bertz CT molecular complexity index is 622. The third-order valence-corrected chi connectivity index (χ3v) is 3.31. The van der Waals surface area contributed by atoms with Crippen LogP contribution >= 0.6 is 0 Å². The van der Waals surface area contributed by atoms with Crippen LogP contribution in [0.15, 0.2) is 59.7 Å². The van der Waals surface area contributed by atoms with Gasteiger partial charge in [-0.1, -0.05) is 55.8 Å². The van der Waals surface area contributed by atoms with Gasteiger partial charge in [-0.25, -0.2) is 5.43 Å². The van der Waals surface area contributed by atoms with Crippen molar-refractivity contribution in [3.8, 4) is 5.75 Å². The molecule has 0 saturated heterocycles. The fourth-order valence-electron chi connectivity index (χ4n) is 2.03. The molecule has 2 aromatic carbocycles. The molecule has 1 N–H and O–H groups in total. The Morgan fingerprint density at radius 3 is 2.57 bits per heavy atom. The number of hydrogen-bond donors (Lipinski definition) is 1. The third-order valence-electron chi connectivity index (χ3n) is 3.31. The molecule has 1 amide bonds. The van der Waals surface area contributed by atoms with Crippen LogP contribution in [-0.4, -0.2) is 18.7 Å². The average Bonchev–Trinajstić information content (AvgIpc) is 2.60. The van der Waals surface area contributed by atoms with Gasteiger partial charge in [0.1, 0.15) is 5.75 Å². The minimum absolute atomic E-state index is 0.0551. The normalized spacial score (nSPS) is 10.7. The number of ether oxygens (including phenoxy) is 1. The molecule has 0 spiro atoms. The van der Waals surface area contributed by atoms with Crippen LogP contribution in [0.25, 0.3) is 0 Å². The monoisotopic (exact) mass is 310 g/mol. The molecule has 4 heteroatoms. The minimum Gasteiger partial charge on any atom is -0.484 e. The number of amides is 1. The van der Waals surface area contributed by atoms with Gasteiger partial charge in [0.15, 0.2) is 6.61 Å². The Morgan fingerprint density at radius 2 is 1.87 bits per heavy atom. The second-order valence-electron chi connectivity index (χ2n) is 5.24. The van der Waals surface area contributed by atoms with Crippen molar-refractivity contribution >= 4 is 12.1 Å². The first kappa shape index (κ1) is 16.7. The first-order valence-electron chi connectivity index (χ1n) is 7.86. The van der Waals surface area contributed by atoms with Crippen LogP contribution in [0.5, 0.6) is 5.75 Å². The Kier molecular flexibility index (Phi) is 6.85. The average molecular weight is 310 g/mol. The standard InChI is InChI=1S/C19H22N2O2/c1-2-3-7-16-10-12-18(13-11-16)23-15-19(22)21-20-14-17-8-5-4-6-9-17/h4-6,8-14H,2-3,7,15H2,1H3,(H,21,22)/b20-14+. The smallest absolute Gasteiger partial charge is 0.277 e. The van der Waals surface area contributed by atoms with E-state index in [2.05, 4.69) is 17.5 Å². The number of carbonyl (C=O) groups excluding carboxylic acids is 1. The molecule has 0 unspecified atom stereocenters. The number of hydrazone groups is 1. The molecular formula is C19H22N2O2. The second-order valence-corrected chi connectivity index (χ2v) is 5.24. The van der Waals surface area contributed by atoms with E-state index < -0.39 is 0 Å². The van der Waals surface area contributed by atoms with Crippen molar-refractivity contribution in [2.45, 2.75) is 26.2 Å². The van der Waals surface area contributed by atoms with Crippen molar-refractivity contribution in [1.29, 1.82) is 0 Å². The van der Waals surface area contributed by atoms with E-state index in [0.29, 0.717) is 5.75 Å². The minimum atomic E-state index is -0.285. The topological polar surface area (TPSA) is 50.7 Å². The summed E-state index contributed by atoms with van der Waals surface area (Å²) in [6.07, 6.45) is 5.04. The van der Waals surface area contributed by atoms with Gasteiger partial charge in [0.05, 0.1) is 6.21 Å². The fraction of sp³-hybridized carbons (Fsp3) is 0.263. The Morgan fingerprint density at radius 1 is 1.13 bits per heavy atom. The highest BCUT2D eigenvalue weighted by Crippen LogP contribution is 2.13. The fourth-order valence-corrected chi connectivity index (χ4v) is 2.03. The van der Waals surface area contributed by atoms with Gasteiger partial charge < -0.3 is 4.74 Å². The van der Waals surface area contributed by atoms with Gasteiger partial charge >= 0.3 is 0 Å². The zero-order chi connectivity index (χ0) is 16.3. The second kappa shape index (κ2) is 9.41. The van der Waals surface area contributed by atoms with E-state index in [4.69, 9.17) is 4.74 Å². The van der Waals surface area contributed by atoms with Crippen molar-refractivity contribution in [3.05, 3.63) is 65.7 Å². The summed E-state index contributed by atoms with van der Waals surface area (Å²) in [7, 11) is 0. The summed E-state index contributed by atoms with van der Waals surface area (Å²) in [5, 5.41) is 3.90. The zero-order valence-electron chi connectivity index (χ0n) is 13.4. The van der Waals surface area contributed by atoms with E-state index in [1.165, 1.54) is 18.4 Å². The summed E-state index contributed by atoms with van der Waals surface area (Å²) in [6.45, 7) is 2.12. The molecule has 0 bridgehead atoms. The number of hydrogen-bond acceptors (Lipinski definition) is 3. The predicted molar refractivity (Wildman–Crippen MR) is 92.7 cm³/mol. The van der Waals surface area contributed by atoms with Gasteiger partial charge in [-0.3, -0.25) is 4.79 Å². The molecule has 0 radical (unpaired) electrons. The molecule has 0 fully saturated rings. The number of nitrogens with zero attached hydrogens (tertiary/aromatic N) is 1. The first-order valence-corrected chi connectivity index (χ1v) is 7.86. The summed E-state index contributed by atoms with van der Waals surface area (Å²) in [5.74, 6) is 0.402. The van der Waals surface area contributed by atoms with Gasteiger partial charge in [0, 0.05) is 0 Å². The van der Waals surface area contributed by atoms with Gasteiger partial charge in [-0.15, -0.1) is 0 Å². The van der Waals surface area contributed by atoms with E-state index in [1.807, 2.05) is 54.6 Å². The number of unbranched alkanes of at least 4 members (excludes halogenated alkanes) is 1. The molecule has 4 nitrogen and oxygen atoms in total. The number of rotatable bonds is 8. The summed E-state index contributed by atoms with van der Waals surface area (Å²) < 4.78 is 5.44. The third kappa shape index (κ3) is 6.34. The molecule has 2 aromatic rings. The number of aryl methyl sites for hydroxylation is 1. The van der Waals surface area contributed by atoms with Crippen molar-refractivity contribution < 1.29 is 9.53 Å². The molecule has 23 heavy (non-hydrogen) atoms. The van der Waals surface area contributed by atoms with Gasteiger partial charge in [-0.2, -0.15) is 5.10 Å². The first-order chi connectivity index (χ1) is 11.3. The lowest BCUT2D eigenvalue weighted by Crippen LogP contribution is -2.24. The molecule has 0 atom stereocenters. The Balaban J connectivity index is 1.72. The van der Waals surface area contributed by atoms with Crippen LogP contribution in [0.1, 0.15) is 30.9 Å². The van der Waals surface area contributed by atoms with Crippen LogP contribution in [0.4, 0.5) is 0 Å². The van der Waals surface area contributed by atoms with Crippen molar-refractivity contribution in [2.75, 3.05) is 6.61 Å². The summed E-state index contributed by atoms with van der Waals surface area (Å²) in [6, 6.07) is 17.4.